The van der Waals surface area contributed by atoms with Crippen LogP contribution in [0.5, 0.6) is 0 Å². The smallest absolute Gasteiger partial charge is 0.161 e. The van der Waals surface area contributed by atoms with E-state index in [9.17, 15) is 4.39 Å². The van der Waals surface area contributed by atoms with Crippen molar-refractivity contribution in [2.75, 3.05) is 11.9 Å². The molecular weight excluding hydrogens is 329 g/mol. The molecular formula is C13H13BrFN3S. The van der Waals surface area contributed by atoms with E-state index in [0.29, 0.717) is 17.8 Å². The number of benzene rings is 1. The minimum atomic E-state index is -0.398. The number of halogens is 2. The number of rotatable bonds is 4. The Bertz CT molecular complexity index is 598. The monoisotopic (exact) mass is 341 g/mol. The van der Waals surface area contributed by atoms with Crippen LogP contribution in [0.1, 0.15) is 11.1 Å². The van der Waals surface area contributed by atoms with Crippen molar-refractivity contribution in [3.05, 3.63) is 50.4 Å². The van der Waals surface area contributed by atoms with Crippen LogP contribution < -0.4 is 10.6 Å². The van der Waals surface area contributed by atoms with Gasteiger partial charge in [0.1, 0.15) is 5.84 Å². The Morgan fingerprint density at radius 2 is 2.21 bits per heavy atom. The van der Waals surface area contributed by atoms with E-state index in [0.717, 1.165) is 5.56 Å². The molecule has 100 valence electrons. The average Bonchev–Trinajstić information content (AvgIpc) is 2.84. The molecule has 0 fully saturated rings. The van der Waals surface area contributed by atoms with Crippen LogP contribution in [0.2, 0.25) is 0 Å². The molecule has 0 spiro atoms. The van der Waals surface area contributed by atoms with E-state index < -0.39 is 5.82 Å². The van der Waals surface area contributed by atoms with Gasteiger partial charge in [-0.1, -0.05) is 0 Å². The van der Waals surface area contributed by atoms with Gasteiger partial charge in [-0.15, -0.1) is 0 Å². The minimum absolute atomic E-state index is 0.155. The first-order valence-corrected chi connectivity index (χ1v) is 7.29. The van der Waals surface area contributed by atoms with Crippen molar-refractivity contribution >= 4 is 38.8 Å². The summed E-state index contributed by atoms with van der Waals surface area (Å²) in [5.41, 5.74) is 7.37. The maximum absolute atomic E-state index is 14.3. The maximum Gasteiger partial charge on any atom is 0.161 e. The summed E-state index contributed by atoms with van der Waals surface area (Å²) in [6.07, 6.45) is 0. The summed E-state index contributed by atoms with van der Waals surface area (Å²) >= 11 is 4.77. The van der Waals surface area contributed by atoms with E-state index in [1.54, 1.807) is 23.5 Å². The number of anilines is 1. The largest absolute Gasteiger partial charge is 0.384 e. The second-order valence-corrected chi connectivity index (χ2v) is 5.73. The summed E-state index contributed by atoms with van der Waals surface area (Å²) in [6.45, 7) is 0.631. The van der Waals surface area contributed by atoms with Gasteiger partial charge in [0.2, 0.25) is 0 Å². The van der Waals surface area contributed by atoms with Crippen molar-refractivity contribution in [1.82, 2.24) is 0 Å². The molecule has 0 atom stereocenters. The van der Waals surface area contributed by atoms with Crippen LogP contribution in [0.15, 0.2) is 33.4 Å². The van der Waals surface area contributed by atoms with Gasteiger partial charge in [0.05, 0.1) is 10.2 Å². The first-order valence-electron chi connectivity index (χ1n) is 5.55. The average molecular weight is 342 g/mol. The molecule has 0 aliphatic rings. The minimum Gasteiger partial charge on any atom is -0.384 e. The summed E-state index contributed by atoms with van der Waals surface area (Å²) in [7, 11) is 1.83. The van der Waals surface area contributed by atoms with Crippen molar-refractivity contribution < 1.29 is 4.39 Å². The molecule has 2 rings (SSSR count). The number of nitrogens with two attached hydrogens (primary N) is 1. The molecule has 0 radical (unpaired) electrons. The molecule has 0 aliphatic carbocycles. The van der Waals surface area contributed by atoms with E-state index >= 15 is 0 Å². The quantitative estimate of drug-likeness (QED) is 0.659. The Kier molecular flexibility index (Phi) is 4.21. The topological polar surface area (TPSA) is 53.1 Å². The highest BCUT2D eigenvalue weighted by Gasteiger charge is 2.15. The van der Waals surface area contributed by atoms with Gasteiger partial charge < -0.3 is 10.6 Å². The van der Waals surface area contributed by atoms with Crippen LogP contribution in [0.3, 0.4) is 0 Å². The third-order valence-electron chi connectivity index (χ3n) is 2.76. The van der Waals surface area contributed by atoms with Gasteiger partial charge in [0, 0.05) is 19.2 Å². The van der Waals surface area contributed by atoms with Gasteiger partial charge in [-0.05, 0) is 50.5 Å². The highest BCUT2D eigenvalue weighted by atomic mass is 79.9. The summed E-state index contributed by atoms with van der Waals surface area (Å²) in [4.78, 5) is 1.83. The van der Waals surface area contributed by atoms with E-state index in [1.807, 2.05) is 28.8 Å². The van der Waals surface area contributed by atoms with Gasteiger partial charge in [-0.25, -0.2) is 4.39 Å². The fraction of sp³-hybridized carbons (Fsp3) is 0.154. The van der Waals surface area contributed by atoms with E-state index in [4.69, 9.17) is 11.1 Å². The van der Waals surface area contributed by atoms with Crippen molar-refractivity contribution in [2.24, 2.45) is 5.73 Å². The van der Waals surface area contributed by atoms with Crippen molar-refractivity contribution in [2.45, 2.75) is 6.54 Å². The lowest BCUT2D eigenvalue weighted by Crippen LogP contribution is -2.19. The molecule has 1 heterocycles. The summed E-state index contributed by atoms with van der Waals surface area (Å²) in [6, 6.07) is 5.30. The van der Waals surface area contributed by atoms with E-state index in [2.05, 4.69) is 15.9 Å². The molecule has 6 heteroatoms. The molecule has 0 saturated carbocycles. The first-order chi connectivity index (χ1) is 9.00. The predicted octanol–water partition coefficient (Wildman–Crippen LogP) is 3.57. The fourth-order valence-corrected chi connectivity index (χ4v) is 2.99. The summed E-state index contributed by atoms with van der Waals surface area (Å²) in [5, 5.41) is 11.4. The van der Waals surface area contributed by atoms with Crippen LogP contribution in [0, 0.1) is 11.2 Å². The molecule has 3 N–H and O–H groups in total. The van der Waals surface area contributed by atoms with Crippen LogP contribution in [-0.2, 0) is 6.54 Å². The molecule has 1 aromatic heterocycles. The SMILES string of the molecule is CN(Cc1ccsc1)c1ccc(C(=N)N)c(Br)c1F. The number of nitrogens with one attached hydrogen (secondary N) is 1. The lowest BCUT2D eigenvalue weighted by Gasteiger charge is -2.20. The number of thiophene rings is 1. The molecule has 0 aliphatic heterocycles. The zero-order valence-electron chi connectivity index (χ0n) is 10.3. The highest BCUT2D eigenvalue weighted by molar-refractivity contribution is 9.10. The van der Waals surface area contributed by atoms with Crippen molar-refractivity contribution in [3.8, 4) is 0 Å². The predicted molar refractivity (Wildman–Crippen MR) is 81.5 cm³/mol. The van der Waals surface area contributed by atoms with Crippen LogP contribution in [0.25, 0.3) is 0 Å². The van der Waals surface area contributed by atoms with Crippen LogP contribution >= 0.6 is 27.3 Å². The summed E-state index contributed by atoms with van der Waals surface area (Å²) in [5.74, 6) is -0.553. The Morgan fingerprint density at radius 1 is 1.47 bits per heavy atom. The third kappa shape index (κ3) is 2.96. The van der Waals surface area contributed by atoms with E-state index in [1.165, 1.54) is 0 Å². The molecule has 19 heavy (non-hydrogen) atoms. The van der Waals surface area contributed by atoms with Crippen molar-refractivity contribution in [1.29, 1.82) is 5.41 Å². The normalized spacial score (nSPS) is 10.5. The molecule has 2 aromatic rings. The van der Waals surface area contributed by atoms with Crippen molar-refractivity contribution in [3.63, 3.8) is 0 Å². The Hall–Kier alpha value is -1.40. The standard InChI is InChI=1S/C13H13BrFN3S/c1-18(6-8-4-5-19-7-8)10-3-2-9(13(16)17)11(14)12(10)15/h2-5,7H,6H2,1H3,(H3,16,17). The first kappa shape index (κ1) is 14.0. The fourth-order valence-electron chi connectivity index (χ4n) is 1.78. The van der Waals surface area contributed by atoms with Gasteiger partial charge in [-0.2, -0.15) is 11.3 Å². The Labute approximate surface area is 123 Å². The number of nitrogens with zero attached hydrogens (tertiary/aromatic N) is 1. The van der Waals surface area contributed by atoms with Crippen LogP contribution in [0.4, 0.5) is 10.1 Å². The second kappa shape index (κ2) is 5.71. The number of hydrogen-bond acceptors (Lipinski definition) is 3. The van der Waals surface area contributed by atoms with E-state index in [-0.39, 0.29) is 10.3 Å². The van der Waals surface area contributed by atoms with Gasteiger partial charge >= 0.3 is 0 Å². The maximum atomic E-state index is 14.3. The number of amidine groups is 1. The third-order valence-corrected chi connectivity index (χ3v) is 4.27. The number of hydrogen-bond donors (Lipinski definition) is 2. The molecule has 0 bridgehead atoms. The molecule has 3 nitrogen and oxygen atoms in total. The second-order valence-electron chi connectivity index (χ2n) is 4.16. The van der Waals surface area contributed by atoms with Crippen LogP contribution in [-0.4, -0.2) is 12.9 Å². The number of nitrogen functional groups attached to an aromatic ring is 1. The molecule has 0 unspecified atom stereocenters. The summed E-state index contributed by atoms with van der Waals surface area (Å²) < 4.78 is 14.5. The van der Waals surface area contributed by atoms with Gasteiger partial charge in [0.25, 0.3) is 0 Å². The van der Waals surface area contributed by atoms with Gasteiger partial charge in [-0.3, -0.25) is 5.41 Å². The lowest BCUT2D eigenvalue weighted by atomic mass is 10.1. The Morgan fingerprint density at radius 3 is 2.79 bits per heavy atom. The zero-order chi connectivity index (χ0) is 14.0. The molecule has 1 aromatic carbocycles. The zero-order valence-corrected chi connectivity index (χ0v) is 12.7. The highest BCUT2D eigenvalue weighted by Crippen LogP contribution is 2.29. The Balaban J connectivity index is 2.30. The molecule has 0 saturated heterocycles. The molecule has 0 amide bonds. The van der Waals surface area contributed by atoms with Gasteiger partial charge in [0.15, 0.2) is 5.82 Å². The lowest BCUT2D eigenvalue weighted by molar-refractivity contribution is 0.615.